The lowest BCUT2D eigenvalue weighted by atomic mass is 10.1. The van der Waals surface area contributed by atoms with Crippen LogP contribution in [-0.2, 0) is 4.74 Å². The van der Waals surface area contributed by atoms with Gasteiger partial charge in [0.2, 0.25) is 5.78 Å². The highest BCUT2D eigenvalue weighted by molar-refractivity contribution is 6.05. The molecule has 0 spiro atoms. The summed E-state index contributed by atoms with van der Waals surface area (Å²) in [5.74, 6) is -0.901. The predicted molar refractivity (Wildman–Crippen MR) is 123 cm³/mol. The molecule has 0 amide bonds. The van der Waals surface area contributed by atoms with Gasteiger partial charge in [-0.1, -0.05) is 18.2 Å². The number of carbonyl (C=O) groups excluding carboxylic acids is 2. The van der Waals surface area contributed by atoms with Gasteiger partial charge in [-0.05, 0) is 63.2 Å². The second-order valence-corrected chi connectivity index (χ2v) is 7.82. The highest BCUT2D eigenvalue weighted by Crippen LogP contribution is 2.24. The first kappa shape index (κ1) is 23.1. The van der Waals surface area contributed by atoms with Gasteiger partial charge in [0.05, 0.1) is 11.1 Å². The van der Waals surface area contributed by atoms with Crippen molar-refractivity contribution in [2.24, 2.45) is 0 Å². The van der Waals surface area contributed by atoms with E-state index in [1.54, 1.807) is 44.2 Å². The minimum absolute atomic E-state index is 0.0447. The predicted octanol–water partition coefficient (Wildman–Crippen LogP) is 5.59. The summed E-state index contributed by atoms with van der Waals surface area (Å²) < 4.78 is 36.4. The van der Waals surface area contributed by atoms with Crippen LogP contribution in [0, 0.1) is 20.8 Å². The molecule has 4 rings (SSSR count). The van der Waals surface area contributed by atoms with Gasteiger partial charge in [0.15, 0.2) is 6.61 Å². The first-order valence-electron chi connectivity index (χ1n) is 10.6. The fraction of sp³-hybridized carbons (Fsp3) is 0.192. The molecule has 174 valence electrons. The van der Waals surface area contributed by atoms with Crippen molar-refractivity contribution in [2.45, 2.75) is 27.4 Å². The van der Waals surface area contributed by atoms with Crippen LogP contribution in [0.25, 0.3) is 16.6 Å². The first-order valence-corrected chi connectivity index (χ1v) is 10.6. The van der Waals surface area contributed by atoms with Gasteiger partial charge in [0.1, 0.15) is 5.75 Å². The van der Waals surface area contributed by atoms with Crippen molar-refractivity contribution >= 4 is 22.7 Å². The fourth-order valence-corrected chi connectivity index (χ4v) is 3.98. The summed E-state index contributed by atoms with van der Waals surface area (Å²) in [6.45, 7) is 2.06. The Labute approximate surface area is 194 Å². The van der Waals surface area contributed by atoms with Gasteiger partial charge in [-0.15, -0.1) is 0 Å². The number of para-hydroxylation sites is 1. The van der Waals surface area contributed by atoms with Crippen LogP contribution < -0.4 is 4.74 Å². The van der Waals surface area contributed by atoms with E-state index in [-0.39, 0.29) is 11.5 Å². The molecule has 0 atom stereocenters. The van der Waals surface area contributed by atoms with E-state index in [1.165, 1.54) is 12.1 Å². The number of esters is 1. The van der Waals surface area contributed by atoms with Crippen LogP contribution in [0.15, 0.2) is 60.7 Å². The lowest BCUT2D eigenvalue weighted by molar-refractivity contribution is -0.0498. The van der Waals surface area contributed by atoms with Gasteiger partial charge in [-0.25, -0.2) is 4.79 Å². The van der Waals surface area contributed by atoms with Crippen LogP contribution in [0.1, 0.15) is 37.8 Å². The smallest absolute Gasteiger partial charge is 0.387 e. The molecule has 2 aromatic carbocycles. The number of Topliss-reactive ketones (excluding diaryl/α,β-unsaturated/α-hetero) is 1. The lowest BCUT2D eigenvalue weighted by Gasteiger charge is -2.11. The number of halogens is 2. The quantitative estimate of drug-likeness (QED) is 0.263. The normalized spacial score (nSPS) is 11.1. The molecule has 0 fully saturated rings. The summed E-state index contributed by atoms with van der Waals surface area (Å²) in [7, 11) is 0. The highest BCUT2D eigenvalue weighted by atomic mass is 19.3. The van der Waals surface area contributed by atoms with Gasteiger partial charge < -0.3 is 14.0 Å². The van der Waals surface area contributed by atoms with Crippen molar-refractivity contribution in [3.63, 3.8) is 0 Å². The molecule has 0 aliphatic rings. The zero-order valence-corrected chi connectivity index (χ0v) is 18.8. The Hall–Kier alpha value is -4.07. The molecular formula is C26H22F2N2O4. The summed E-state index contributed by atoms with van der Waals surface area (Å²) in [6, 6.07) is 16.7. The summed E-state index contributed by atoms with van der Waals surface area (Å²) in [6.07, 6.45) is 0. The molecule has 0 aliphatic heterocycles. The number of ether oxygens (including phenoxy) is 2. The minimum atomic E-state index is -2.90. The molecule has 4 aromatic rings. The standard InChI is InChI=1S/C26H22F2N2O4/c1-15-12-22(20-6-4-5-7-23(20)29-15)25(32)33-14-24(31)21-13-16(2)30(17(21)3)18-8-10-19(11-9-18)34-26(27)28/h4-13,26H,14H2,1-3H3. The molecule has 8 heteroatoms. The Kier molecular flexibility index (Phi) is 6.40. The van der Waals surface area contributed by atoms with Crippen molar-refractivity contribution in [3.8, 4) is 11.4 Å². The maximum Gasteiger partial charge on any atom is 0.387 e. The van der Waals surface area contributed by atoms with Crippen LogP contribution in [0.3, 0.4) is 0 Å². The Morgan fingerprint density at radius 3 is 2.38 bits per heavy atom. The molecule has 0 unspecified atom stereocenters. The summed E-state index contributed by atoms with van der Waals surface area (Å²) in [5, 5.41) is 0.656. The summed E-state index contributed by atoms with van der Waals surface area (Å²) >= 11 is 0. The Balaban J connectivity index is 1.52. The maximum atomic E-state index is 12.9. The van der Waals surface area contributed by atoms with E-state index in [2.05, 4.69) is 9.72 Å². The Morgan fingerprint density at radius 2 is 1.68 bits per heavy atom. The average molecular weight is 464 g/mol. The summed E-state index contributed by atoms with van der Waals surface area (Å²) in [5.41, 5.74) is 4.21. The van der Waals surface area contributed by atoms with Crippen LogP contribution in [0.5, 0.6) is 5.75 Å². The third-order valence-electron chi connectivity index (χ3n) is 5.45. The third kappa shape index (κ3) is 4.66. The molecule has 0 bridgehead atoms. The minimum Gasteiger partial charge on any atom is -0.454 e. The van der Waals surface area contributed by atoms with E-state index in [1.807, 2.05) is 29.7 Å². The van der Waals surface area contributed by atoms with Crippen molar-refractivity contribution in [3.05, 3.63) is 88.9 Å². The van der Waals surface area contributed by atoms with Gasteiger partial charge in [-0.2, -0.15) is 8.78 Å². The van der Waals surface area contributed by atoms with E-state index >= 15 is 0 Å². The first-order chi connectivity index (χ1) is 16.2. The Bertz CT molecular complexity index is 1380. The molecule has 2 aromatic heterocycles. The molecule has 0 radical (unpaired) electrons. The number of hydrogen-bond acceptors (Lipinski definition) is 5. The molecule has 34 heavy (non-hydrogen) atoms. The maximum absolute atomic E-state index is 12.9. The SMILES string of the molecule is Cc1cc(C(=O)OCC(=O)c2cc(C)n(-c3ccc(OC(F)F)cc3)c2C)c2ccccc2n1. The largest absolute Gasteiger partial charge is 0.454 e. The number of alkyl halides is 2. The number of hydrogen-bond donors (Lipinski definition) is 0. The monoisotopic (exact) mass is 464 g/mol. The number of ketones is 1. The number of benzene rings is 2. The zero-order valence-electron chi connectivity index (χ0n) is 18.8. The highest BCUT2D eigenvalue weighted by Gasteiger charge is 2.20. The number of rotatable bonds is 7. The number of nitrogens with zero attached hydrogens (tertiary/aromatic N) is 2. The molecular weight excluding hydrogens is 442 g/mol. The molecule has 2 heterocycles. The second-order valence-electron chi connectivity index (χ2n) is 7.82. The van der Waals surface area contributed by atoms with Crippen molar-refractivity contribution in [1.29, 1.82) is 0 Å². The third-order valence-corrected chi connectivity index (χ3v) is 5.45. The summed E-state index contributed by atoms with van der Waals surface area (Å²) in [4.78, 5) is 30.1. The number of aryl methyl sites for hydroxylation is 2. The van der Waals surface area contributed by atoms with Crippen LogP contribution in [-0.4, -0.2) is 34.5 Å². The average Bonchev–Trinajstić information content (AvgIpc) is 3.10. The van der Waals surface area contributed by atoms with Crippen molar-refractivity contribution < 1.29 is 27.8 Å². The number of carbonyl (C=O) groups is 2. The molecule has 6 nitrogen and oxygen atoms in total. The van der Waals surface area contributed by atoms with E-state index in [9.17, 15) is 18.4 Å². The van der Waals surface area contributed by atoms with Crippen LogP contribution in [0.4, 0.5) is 8.78 Å². The lowest BCUT2D eigenvalue weighted by Crippen LogP contribution is -2.15. The Morgan fingerprint density at radius 1 is 0.971 bits per heavy atom. The second kappa shape index (κ2) is 9.43. The molecule has 0 saturated carbocycles. The topological polar surface area (TPSA) is 70.4 Å². The van der Waals surface area contributed by atoms with Gasteiger partial charge >= 0.3 is 12.6 Å². The van der Waals surface area contributed by atoms with Gasteiger partial charge in [0.25, 0.3) is 0 Å². The van der Waals surface area contributed by atoms with Crippen LogP contribution in [0.2, 0.25) is 0 Å². The van der Waals surface area contributed by atoms with Gasteiger partial charge in [-0.3, -0.25) is 9.78 Å². The molecule has 0 saturated heterocycles. The molecule has 0 aliphatic carbocycles. The van der Waals surface area contributed by atoms with Crippen molar-refractivity contribution in [2.75, 3.05) is 6.61 Å². The van der Waals surface area contributed by atoms with E-state index in [0.717, 1.165) is 5.69 Å². The van der Waals surface area contributed by atoms with Crippen molar-refractivity contribution in [1.82, 2.24) is 9.55 Å². The number of aromatic nitrogens is 2. The van der Waals surface area contributed by atoms with E-state index in [0.29, 0.717) is 39.1 Å². The van der Waals surface area contributed by atoms with Crippen LogP contribution >= 0.6 is 0 Å². The van der Waals surface area contributed by atoms with E-state index in [4.69, 9.17) is 4.74 Å². The fourth-order valence-electron chi connectivity index (χ4n) is 3.98. The zero-order chi connectivity index (χ0) is 24.4. The number of pyridine rings is 1. The number of fused-ring (bicyclic) bond motifs is 1. The molecule has 0 N–H and O–H groups in total. The van der Waals surface area contributed by atoms with Gasteiger partial charge in [0, 0.05) is 33.7 Å². The van der Waals surface area contributed by atoms with E-state index < -0.39 is 19.2 Å².